The maximum atomic E-state index is 13.2. The number of aryl methyl sites for hydroxylation is 1. The summed E-state index contributed by atoms with van der Waals surface area (Å²) in [5.74, 6) is -0.690. The van der Waals surface area contributed by atoms with Gasteiger partial charge in [-0.3, -0.25) is 0 Å². The molecule has 3 rings (SSSR count). The zero-order chi connectivity index (χ0) is 16.2. The first kappa shape index (κ1) is 14.9. The highest BCUT2D eigenvalue weighted by molar-refractivity contribution is 6.11. The SMILES string of the molecule is Cc1ccc(/C=C/C2=NC(=C\c3cccc(F)c3)/C(=O)O2)cc1. The Bertz CT molecular complexity index is 833. The van der Waals surface area contributed by atoms with E-state index in [1.54, 1.807) is 18.2 Å². The summed E-state index contributed by atoms with van der Waals surface area (Å²) < 4.78 is 18.2. The summed E-state index contributed by atoms with van der Waals surface area (Å²) in [4.78, 5) is 15.9. The Labute approximate surface area is 133 Å². The molecule has 4 heteroatoms. The highest BCUT2D eigenvalue weighted by Gasteiger charge is 2.21. The Morgan fingerprint density at radius 3 is 2.57 bits per heavy atom. The summed E-state index contributed by atoms with van der Waals surface area (Å²) in [7, 11) is 0. The zero-order valence-electron chi connectivity index (χ0n) is 12.5. The van der Waals surface area contributed by atoms with E-state index in [-0.39, 0.29) is 17.4 Å². The standard InChI is InChI=1S/C19H14FNO2/c1-13-5-7-14(8-6-13)9-10-18-21-17(19(22)23-18)12-15-3-2-4-16(20)11-15/h2-12H,1H3/b10-9+,17-12-. The van der Waals surface area contributed by atoms with Crippen molar-refractivity contribution in [1.82, 2.24) is 0 Å². The first-order chi connectivity index (χ1) is 11.1. The molecule has 0 atom stereocenters. The number of halogens is 1. The van der Waals surface area contributed by atoms with E-state index in [0.29, 0.717) is 5.56 Å². The molecule has 2 aromatic carbocycles. The van der Waals surface area contributed by atoms with Crippen LogP contribution in [-0.2, 0) is 9.53 Å². The van der Waals surface area contributed by atoms with Crippen LogP contribution in [-0.4, -0.2) is 11.9 Å². The number of nitrogens with zero attached hydrogens (tertiary/aromatic N) is 1. The molecule has 0 fully saturated rings. The summed E-state index contributed by atoms with van der Waals surface area (Å²) in [6.45, 7) is 2.01. The molecule has 23 heavy (non-hydrogen) atoms. The molecule has 0 saturated heterocycles. The van der Waals surface area contributed by atoms with Crippen molar-refractivity contribution in [3.05, 3.63) is 82.8 Å². The molecule has 1 heterocycles. The summed E-state index contributed by atoms with van der Waals surface area (Å²) in [6, 6.07) is 13.9. The lowest BCUT2D eigenvalue weighted by molar-refractivity contribution is -0.129. The van der Waals surface area contributed by atoms with Crippen LogP contribution in [0.1, 0.15) is 16.7 Å². The van der Waals surface area contributed by atoms with E-state index in [4.69, 9.17) is 4.74 Å². The normalized spacial score (nSPS) is 16.0. The smallest absolute Gasteiger partial charge is 0.363 e. The van der Waals surface area contributed by atoms with Gasteiger partial charge in [0.15, 0.2) is 5.70 Å². The third-order valence-corrected chi connectivity index (χ3v) is 3.28. The number of rotatable bonds is 3. The largest absolute Gasteiger partial charge is 0.403 e. The summed E-state index contributed by atoms with van der Waals surface area (Å²) >= 11 is 0. The van der Waals surface area contributed by atoms with E-state index < -0.39 is 5.97 Å². The number of carbonyl (C=O) groups is 1. The van der Waals surface area contributed by atoms with E-state index in [9.17, 15) is 9.18 Å². The van der Waals surface area contributed by atoms with Gasteiger partial charge in [-0.25, -0.2) is 14.2 Å². The monoisotopic (exact) mass is 307 g/mol. The predicted octanol–water partition coefficient (Wildman–Crippen LogP) is 4.14. The zero-order valence-corrected chi connectivity index (χ0v) is 12.5. The molecule has 0 radical (unpaired) electrons. The highest BCUT2D eigenvalue weighted by Crippen LogP contribution is 2.17. The van der Waals surface area contributed by atoms with Crippen molar-refractivity contribution in [2.75, 3.05) is 0 Å². The molecular weight excluding hydrogens is 293 g/mol. The van der Waals surface area contributed by atoms with Gasteiger partial charge in [0.05, 0.1) is 0 Å². The Kier molecular flexibility index (Phi) is 4.15. The Morgan fingerprint density at radius 2 is 1.83 bits per heavy atom. The third kappa shape index (κ3) is 3.80. The van der Waals surface area contributed by atoms with E-state index in [2.05, 4.69) is 4.99 Å². The van der Waals surface area contributed by atoms with Crippen molar-refractivity contribution in [2.24, 2.45) is 4.99 Å². The number of cyclic esters (lactones) is 1. The molecule has 1 aliphatic rings. The number of carbonyl (C=O) groups excluding carboxylic acids is 1. The topological polar surface area (TPSA) is 38.7 Å². The van der Waals surface area contributed by atoms with Crippen LogP contribution in [0.15, 0.2) is 65.3 Å². The number of ether oxygens (including phenoxy) is 1. The second-order valence-electron chi connectivity index (χ2n) is 5.17. The molecule has 0 aliphatic carbocycles. The van der Waals surface area contributed by atoms with Gasteiger partial charge < -0.3 is 4.74 Å². The fraction of sp³-hybridized carbons (Fsp3) is 0.0526. The van der Waals surface area contributed by atoms with Gasteiger partial charge >= 0.3 is 5.97 Å². The lowest BCUT2D eigenvalue weighted by atomic mass is 10.1. The van der Waals surface area contributed by atoms with Crippen molar-refractivity contribution < 1.29 is 13.9 Å². The molecule has 0 saturated carbocycles. The Hall–Kier alpha value is -3.01. The van der Waals surface area contributed by atoms with Crippen LogP contribution in [0.4, 0.5) is 4.39 Å². The molecule has 0 aromatic heterocycles. The fourth-order valence-corrected chi connectivity index (χ4v) is 2.10. The Balaban J connectivity index is 1.79. The van der Waals surface area contributed by atoms with E-state index >= 15 is 0 Å². The molecule has 1 aliphatic heterocycles. The maximum absolute atomic E-state index is 13.2. The van der Waals surface area contributed by atoms with Gasteiger partial charge in [0.1, 0.15) is 5.82 Å². The van der Waals surface area contributed by atoms with Crippen LogP contribution in [0.2, 0.25) is 0 Å². The van der Waals surface area contributed by atoms with E-state index in [0.717, 1.165) is 5.56 Å². The highest BCUT2D eigenvalue weighted by atomic mass is 19.1. The van der Waals surface area contributed by atoms with Crippen molar-refractivity contribution in [2.45, 2.75) is 6.92 Å². The average Bonchev–Trinajstić information content (AvgIpc) is 2.87. The minimum atomic E-state index is -0.544. The minimum absolute atomic E-state index is 0.152. The lowest BCUT2D eigenvalue weighted by Gasteiger charge is -1.95. The van der Waals surface area contributed by atoms with Gasteiger partial charge in [-0.05, 0) is 42.3 Å². The van der Waals surface area contributed by atoms with Crippen LogP contribution in [0.25, 0.3) is 12.2 Å². The van der Waals surface area contributed by atoms with Crippen molar-refractivity contribution in [3.8, 4) is 0 Å². The molecule has 0 unspecified atom stereocenters. The van der Waals surface area contributed by atoms with Gasteiger partial charge in [0, 0.05) is 6.08 Å². The number of aliphatic imine (C=N–C) groups is 1. The summed E-state index contributed by atoms with van der Waals surface area (Å²) in [6.07, 6.45) is 4.95. The predicted molar refractivity (Wildman–Crippen MR) is 88.1 cm³/mol. The first-order valence-corrected chi connectivity index (χ1v) is 7.13. The molecule has 0 amide bonds. The first-order valence-electron chi connectivity index (χ1n) is 7.13. The summed E-state index contributed by atoms with van der Waals surface area (Å²) in [5, 5.41) is 0. The summed E-state index contributed by atoms with van der Waals surface area (Å²) in [5.41, 5.74) is 2.87. The fourth-order valence-electron chi connectivity index (χ4n) is 2.10. The molecule has 114 valence electrons. The van der Waals surface area contributed by atoms with Crippen molar-refractivity contribution in [3.63, 3.8) is 0 Å². The quantitative estimate of drug-likeness (QED) is 0.631. The van der Waals surface area contributed by atoms with E-state index in [1.807, 2.05) is 37.3 Å². The van der Waals surface area contributed by atoms with Crippen molar-refractivity contribution >= 4 is 24.0 Å². The number of benzene rings is 2. The van der Waals surface area contributed by atoms with Crippen LogP contribution >= 0.6 is 0 Å². The molecule has 2 aromatic rings. The van der Waals surface area contributed by atoms with Gasteiger partial charge in [-0.15, -0.1) is 0 Å². The van der Waals surface area contributed by atoms with Gasteiger partial charge in [-0.1, -0.05) is 42.0 Å². The van der Waals surface area contributed by atoms with Crippen LogP contribution in [0, 0.1) is 12.7 Å². The maximum Gasteiger partial charge on any atom is 0.363 e. The van der Waals surface area contributed by atoms with Gasteiger partial charge in [0.2, 0.25) is 5.90 Å². The molecule has 3 nitrogen and oxygen atoms in total. The van der Waals surface area contributed by atoms with Crippen LogP contribution < -0.4 is 0 Å². The Morgan fingerprint density at radius 1 is 1.04 bits per heavy atom. The van der Waals surface area contributed by atoms with Crippen LogP contribution in [0.3, 0.4) is 0 Å². The molecular formula is C19H14FNO2. The molecule has 0 spiro atoms. The van der Waals surface area contributed by atoms with Crippen molar-refractivity contribution in [1.29, 1.82) is 0 Å². The average molecular weight is 307 g/mol. The lowest BCUT2D eigenvalue weighted by Crippen LogP contribution is -2.01. The van der Waals surface area contributed by atoms with E-state index in [1.165, 1.54) is 23.8 Å². The number of hydrogen-bond donors (Lipinski definition) is 0. The number of esters is 1. The van der Waals surface area contributed by atoms with Gasteiger partial charge in [0.25, 0.3) is 0 Å². The number of hydrogen-bond acceptors (Lipinski definition) is 3. The second kappa shape index (κ2) is 6.40. The van der Waals surface area contributed by atoms with Gasteiger partial charge in [-0.2, -0.15) is 0 Å². The molecule has 0 bridgehead atoms. The third-order valence-electron chi connectivity index (χ3n) is 3.28. The minimum Gasteiger partial charge on any atom is -0.403 e. The van der Waals surface area contributed by atoms with Crippen LogP contribution in [0.5, 0.6) is 0 Å². The molecule has 0 N–H and O–H groups in total. The second-order valence-corrected chi connectivity index (χ2v) is 5.17.